The summed E-state index contributed by atoms with van der Waals surface area (Å²) in [6, 6.07) is 7.63. The van der Waals surface area contributed by atoms with Gasteiger partial charge >= 0.3 is 0 Å². The van der Waals surface area contributed by atoms with Crippen molar-refractivity contribution >= 4 is 5.91 Å². The van der Waals surface area contributed by atoms with Gasteiger partial charge in [0, 0.05) is 37.9 Å². The second-order valence-electron chi connectivity index (χ2n) is 4.31. The van der Waals surface area contributed by atoms with E-state index in [1.807, 2.05) is 36.1 Å². The first-order chi connectivity index (χ1) is 9.29. The van der Waals surface area contributed by atoms with Crippen molar-refractivity contribution in [2.75, 3.05) is 6.54 Å². The van der Waals surface area contributed by atoms with E-state index in [4.69, 9.17) is 0 Å². The molecule has 2 aromatic rings. The molecular weight excluding hydrogens is 238 g/mol. The minimum Gasteiger partial charge on any atom is -0.338 e. The summed E-state index contributed by atoms with van der Waals surface area (Å²) in [6.45, 7) is 3.27. The van der Waals surface area contributed by atoms with Gasteiger partial charge in [-0.2, -0.15) is 0 Å². The van der Waals surface area contributed by atoms with Gasteiger partial charge in [-0.25, -0.2) is 0 Å². The number of rotatable bonds is 5. The molecule has 0 unspecified atom stereocenters. The summed E-state index contributed by atoms with van der Waals surface area (Å²) in [5.74, 6) is 0.111. The summed E-state index contributed by atoms with van der Waals surface area (Å²) >= 11 is 0. The second-order valence-corrected chi connectivity index (χ2v) is 4.31. The smallest absolute Gasteiger partial charge is 0.227 e. The maximum absolute atomic E-state index is 12.2. The lowest BCUT2D eigenvalue weighted by Crippen LogP contribution is -2.31. The van der Waals surface area contributed by atoms with Gasteiger partial charge in [0.15, 0.2) is 0 Å². The van der Waals surface area contributed by atoms with Crippen LogP contribution in [0.4, 0.5) is 0 Å². The lowest BCUT2D eigenvalue weighted by atomic mass is 10.2. The van der Waals surface area contributed by atoms with E-state index in [1.165, 1.54) is 0 Å². The van der Waals surface area contributed by atoms with E-state index < -0.39 is 0 Å². The van der Waals surface area contributed by atoms with Crippen molar-refractivity contribution in [3.8, 4) is 0 Å². The van der Waals surface area contributed by atoms with Crippen LogP contribution in [0.3, 0.4) is 0 Å². The fraction of sp³-hybridized carbons (Fsp3) is 0.267. The Balaban J connectivity index is 2.00. The van der Waals surface area contributed by atoms with E-state index in [-0.39, 0.29) is 5.91 Å². The number of nitrogens with zero attached hydrogens (tertiary/aromatic N) is 3. The van der Waals surface area contributed by atoms with Crippen LogP contribution in [0.15, 0.2) is 49.1 Å². The molecule has 0 bridgehead atoms. The molecule has 0 aromatic carbocycles. The molecule has 0 N–H and O–H groups in total. The maximum atomic E-state index is 12.2. The Bertz CT molecular complexity index is 513. The van der Waals surface area contributed by atoms with E-state index in [0.717, 1.165) is 11.1 Å². The summed E-state index contributed by atoms with van der Waals surface area (Å²) in [5, 5.41) is 0. The van der Waals surface area contributed by atoms with Crippen molar-refractivity contribution in [1.82, 2.24) is 14.9 Å². The average Bonchev–Trinajstić information content (AvgIpc) is 2.47. The lowest BCUT2D eigenvalue weighted by molar-refractivity contribution is -0.130. The Kier molecular flexibility index (Phi) is 4.61. The quantitative estimate of drug-likeness (QED) is 0.821. The van der Waals surface area contributed by atoms with Crippen molar-refractivity contribution in [3.05, 3.63) is 60.2 Å². The summed E-state index contributed by atoms with van der Waals surface area (Å²) in [7, 11) is 0. The number of hydrogen-bond acceptors (Lipinski definition) is 3. The van der Waals surface area contributed by atoms with Crippen LogP contribution in [0.25, 0.3) is 0 Å². The van der Waals surface area contributed by atoms with Gasteiger partial charge in [-0.05, 0) is 30.2 Å². The number of pyridine rings is 2. The molecule has 0 saturated heterocycles. The third-order valence-electron chi connectivity index (χ3n) is 2.91. The summed E-state index contributed by atoms with van der Waals surface area (Å²) < 4.78 is 0. The molecule has 0 atom stereocenters. The number of amides is 1. The van der Waals surface area contributed by atoms with Gasteiger partial charge in [-0.15, -0.1) is 0 Å². The molecule has 1 amide bonds. The van der Waals surface area contributed by atoms with Crippen LogP contribution in [0, 0.1) is 0 Å². The zero-order valence-corrected chi connectivity index (χ0v) is 11.0. The number of likely N-dealkylation sites (N-methyl/N-ethyl adjacent to an activating group) is 1. The van der Waals surface area contributed by atoms with Gasteiger partial charge < -0.3 is 4.90 Å². The van der Waals surface area contributed by atoms with E-state index in [2.05, 4.69) is 9.97 Å². The van der Waals surface area contributed by atoms with Gasteiger partial charge in [-0.3, -0.25) is 14.8 Å². The van der Waals surface area contributed by atoms with Gasteiger partial charge in [0.2, 0.25) is 5.91 Å². The van der Waals surface area contributed by atoms with Crippen LogP contribution in [-0.4, -0.2) is 27.3 Å². The first-order valence-electron chi connectivity index (χ1n) is 6.35. The number of carbonyl (C=O) groups is 1. The van der Waals surface area contributed by atoms with Gasteiger partial charge in [0.05, 0.1) is 6.42 Å². The summed E-state index contributed by atoms with van der Waals surface area (Å²) in [6.07, 6.45) is 7.36. The molecule has 0 aliphatic rings. The van der Waals surface area contributed by atoms with Crippen molar-refractivity contribution in [2.45, 2.75) is 19.9 Å². The highest BCUT2D eigenvalue weighted by atomic mass is 16.2. The van der Waals surface area contributed by atoms with Crippen LogP contribution >= 0.6 is 0 Å². The molecule has 4 nitrogen and oxygen atoms in total. The Labute approximate surface area is 113 Å². The molecule has 2 heterocycles. The second kappa shape index (κ2) is 6.64. The zero-order valence-electron chi connectivity index (χ0n) is 11.0. The lowest BCUT2D eigenvalue weighted by Gasteiger charge is -2.20. The molecule has 0 saturated carbocycles. The average molecular weight is 255 g/mol. The number of hydrogen-bond donors (Lipinski definition) is 0. The molecule has 0 radical (unpaired) electrons. The fourth-order valence-electron chi connectivity index (χ4n) is 1.88. The molecule has 2 aromatic heterocycles. The monoisotopic (exact) mass is 255 g/mol. The summed E-state index contributed by atoms with van der Waals surface area (Å²) in [4.78, 5) is 22.1. The highest BCUT2D eigenvalue weighted by Gasteiger charge is 2.12. The van der Waals surface area contributed by atoms with Gasteiger partial charge in [-0.1, -0.05) is 12.1 Å². The zero-order chi connectivity index (χ0) is 13.5. The molecule has 19 heavy (non-hydrogen) atoms. The SMILES string of the molecule is CCN(Cc1cccnc1)C(=O)Cc1cccnc1. The predicted molar refractivity (Wildman–Crippen MR) is 73.3 cm³/mol. The van der Waals surface area contributed by atoms with Crippen molar-refractivity contribution < 1.29 is 4.79 Å². The van der Waals surface area contributed by atoms with Crippen LogP contribution < -0.4 is 0 Å². The van der Waals surface area contributed by atoms with Gasteiger partial charge in [0.1, 0.15) is 0 Å². The van der Waals surface area contributed by atoms with E-state index in [9.17, 15) is 4.79 Å². The van der Waals surface area contributed by atoms with Crippen LogP contribution in [0.2, 0.25) is 0 Å². The van der Waals surface area contributed by atoms with E-state index in [0.29, 0.717) is 19.5 Å². The predicted octanol–water partition coefficient (Wildman–Crippen LogP) is 2.07. The first-order valence-corrected chi connectivity index (χ1v) is 6.35. The number of carbonyl (C=O) groups excluding carboxylic acids is 1. The largest absolute Gasteiger partial charge is 0.338 e. The van der Waals surface area contributed by atoms with Crippen molar-refractivity contribution in [2.24, 2.45) is 0 Å². The Morgan fingerprint density at radius 2 is 1.74 bits per heavy atom. The minimum atomic E-state index is 0.111. The van der Waals surface area contributed by atoms with E-state index in [1.54, 1.807) is 24.8 Å². The van der Waals surface area contributed by atoms with Gasteiger partial charge in [0.25, 0.3) is 0 Å². The van der Waals surface area contributed by atoms with Crippen molar-refractivity contribution in [3.63, 3.8) is 0 Å². The molecule has 98 valence electrons. The normalized spacial score (nSPS) is 10.2. The van der Waals surface area contributed by atoms with Crippen LogP contribution in [0.5, 0.6) is 0 Å². The summed E-state index contributed by atoms with van der Waals surface area (Å²) in [5.41, 5.74) is 1.99. The minimum absolute atomic E-state index is 0.111. The molecule has 2 rings (SSSR count). The third kappa shape index (κ3) is 3.88. The topological polar surface area (TPSA) is 46.1 Å². The highest BCUT2D eigenvalue weighted by Crippen LogP contribution is 2.06. The highest BCUT2D eigenvalue weighted by molar-refractivity contribution is 5.78. The standard InChI is InChI=1S/C15H17N3O/c1-2-18(12-14-6-4-8-17-11-14)15(19)9-13-5-3-7-16-10-13/h3-8,10-11H,2,9,12H2,1H3. The Morgan fingerprint density at radius 3 is 2.26 bits per heavy atom. The van der Waals surface area contributed by atoms with Crippen LogP contribution in [0.1, 0.15) is 18.1 Å². The first kappa shape index (κ1) is 13.2. The van der Waals surface area contributed by atoms with E-state index >= 15 is 0 Å². The molecule has 0 fully saturated rings. The molecular formula is C15H17N3O. The Hall–Kier alpha value is -2.23. The number of aromatic nitrogens is 2. The van der Waals surface area contributed by atoms with Crippen molar-refractivity contribution in [1.29, 1.82) is 0 Å². The molecule has 0 spiro atoms. The molecule has 0 aliphatic carbocycles. The third-order valence-corrected chi connectivity index (χ3v) is 2.91. The maximum Gasteiger partial charge on any atom is 0.227 e. The molecule has 4 heteroatoms. The Morgan fingerprint density at radius 1 is 1.11 bits per heavy atom. The fourth-order valence-corrected chi connectivity index (χ4v) is 1.88. The molecule has 0 aliphatic heterocycles. The van der Waals surface area contributed by atoms with Crippen LogP contribution in [-0.2, 0) is 17.8 Å².